The van der Waals surface area contributed by atoms with Crippen LogP contribution in [-0.4, -0.2) is 29.5 Å². The maximum Gasteiger partial charge on any atom is 0.418 e. The fraction of sp³-hybridized carbons (Fsp3) is 0.480. The zero-order valence-corrected chi connectivity index (χ0v) is 19.3. The second-order valence-electron chi connectivity index (χ2n) is 9.25. The molecule has 2 aliphatic rings. The molecule has 4 rings (SSSR count). The number of halogens is 4. The van der Waals surface area contributed by atoms with Gasteiger partial charge in [0.1, 0.15) is 0 Å². The number of hydrogen-bond donors (Lipinski definition) is 1. The first kappa shape index (κ1) is 23.1. The third kappa shape index (κ3) is 4.40. The highest BCUT2D eigenvalue weighted by Gasteiger charge is 2.44. The Morgan fingerprint density at radius 1 is 1.22 bits per heavy atom. The average molecular weight is 464 g/mol. The molecule has 7 heteroatoms. The van der Waals surface area contributed by atoms with Crippen molar-refractivity contribution in [1.82, 2.24) is 9.88 Å². The summed E-state index contributed by atoms with van der Waals surface area (Å²) in [7, 11) is 0. The van der Waals surface area contributed by atoms with E-state index in [1.165, 1.54) is 11.6 Å². The van der Waals surface area contributed by atoms with Crippen molar-refractivity contribution in [2.45, 2.75) is 57.0 Å². The molecule has 172 valence electrons. The van der Waals surface area contributed by atoms with E-state index >= 15 is 0 Å². The van der Waals surface area contributed by atoms with E-state index in [4.69, 9.17) is 11.6 Å². The van der Waals surface area contributed by atoms with Crippen molar-refractivity contribution in [3.05, 3.63) is 70.1 Å². The number of fused-ring (bicyclic) bond motifs is 2. The summed E-state index contributed by atoms with van der Waals surface area (Å²) in [5, 5.41) is 4.16. The van der Waals surface area contributed by atoms with Crippen LogP contribution in [0.25, 0.3) is 0 Å². The van der Waals surface area contributed by atoms with E-state index in [1.54, 1.807) is 20.0 Å². The third-order valence-corrected chi connectivity index (χ3v) is 7.07. The lowest BCUT2D eigenvalue weighted by Gasteiger charge is -2.40. The van der Waals surface area contributed by atoms with Gasteiger partial charge in [0.15, 0.2) is 0 Å². The van der Waals surface area contributed by atoms with Gasteiger partial charge >= 0.3 is 6.18 Å². The van der Waals surface area contributed by atoms with Crippen molar-refractivity contribution < 1.29 is 13.2 Å². The van der Waals surface area contributed by atoms with E-state index < -0.39 is 11.7 Å². The number of hydrogen-bond acceptors (Lipinski definition) is 3. The number of alkyl halides is 3. The summed E-state index contributed by atoms with van der Waals surface area (Å²) in [5.74, 6) is -0.263. The number of aromatic nitrogens is 1. The summed E-state index contributed by atoms with van der Waals surface area (Å²) < 4.78 is 40.3. The van der Waals surface area contributed by atoms with Crippen LogP contribution in [0.15, 0.2) is 42.7 Å². The average Bonchev–Trinajstić information content (AvgIpc) is 2.99. The molecule has 0 amide bonds. The standard InChI is InChI=1S/C25H29ClF3N3/c1-16(2)23-21(25(27,28)29)13-18(15-30-23)5-4-10-32-11-8-24(9-12-32)17(3)31-22-7-6-19(26)14-20(22)24/h6-7,13-16,31H,3-5,8-12H2,1-2H3. The lowest BCUT2D eigenvalue weighted by Crippen LogP contribution is -2.43. The summed E-state index contributed by atoms with van der Waals surface area (Å²) in [6.45, 7) is 10.4. The summed E-state index contributed by atoms with van der Waals surface area (Å²) in [4.78, 5) is 6.52. The second-order valence-corrected chi connectivity index (χ2v) is 9.69. The molecule has 3 heterocycles. The van der Waals surface area contributed by atoms with Crippen molar-refractivity contribution in [2.24, 2.45) is 0 Å². The van der Waals surface area contributed by atoms with Crippen LogP contribution < -0.4 is 5.32 Å². The third-order valence-electron chi connectivity index (χ3n) is 6.84. The van der Waals surface area contributed by atoms with Crippen LogP contribution in [0.3, 0.4) is 0 Å². The minimum absolute atomic E-state index is 0.0884. The van der Waals surface area contributed by atoms with Gasteiger partial charge in [-0.25, -0.2) is 0 Å². The lowest BCUT2D eigenvalue weighted by molar-refractivity contribution is -0.138. The Morgan fingerprint density at radius 3 is 2.59 bits per heavy atom. The van der Waals surface area contributed by atoms with Crippen molar-refractivity contribution >= 4 is 17.3 Å². The zero-order chi connectivity index (χ0) is 23.1. The molecule has 3 nitrogen and oxygen atoms in total. The highest BCUT2D eigenvalue weighted by atomic mass is 35.5. The molecule has 0 bridgehead atoms. The van der Waals surface area contributed by atoms with Gasteiger partial charge in [-0.1, -0.05) is 32.0 Å². The summed E-state index contributed by atoms with van der Waals surface area (Å²) >= 11 is 6.25. The van der Waals surface area contributed by atoms with Crippen LogP contribution in [0, 0.1) is 0 Å². The molecular weight excluding hydrogens is 435 g/mol. The maximum atomic E-state index is 13.4. The van der Waals surface area contributed by atoms with Gasteiger partial charge < -0.3 is 10.2 Å². The monoisotopic (exact) mass is 463 g/mol. The number of pyridine rings is 1. The highest BCUT2D eigenvalue weighted by molar-refractivity contribution is 6.30. The first-order valence-electron chi connectivity index (χ1n) is 11.1. The molecule has 0 aliphatic carbocycles. The van der Waals surface area contributed by atoms with Crippen LogP contribution in [0.1, 0.15) is 61.4 Å². The molecule has 2 aliphatic heterocycles. The van der Waals surface area contributed by atoms with Crippen molar-refractivity contribution in [1.29, 1.82) is 0 Å². The maximum absolute atomic E-state index is 13.4. The summed E-state index contributed by atoms with van der Waals surface area (Å²) in [5.41, 5.74) is 3.42. The Bertz CT molecular complexity index is 1010. The number of allylic oxidation sites excluding steroid dienone is 1. The Morgan fingerprint density at radius 2 is 1.94 bits per heavy atom. The quantitative estimate of drug-likeness (QED) is 0.529. The van der Waals surface area contributed by atoms with Crippen LogP contribution >= 0.6 is 11.6 Å². The Balaban J connectivity index is 1.36. The van der Waals surface area contributed by atoms with Crippen molar-refractivity contribution in [3.63, 3.8) is 0 Å². The molecule has 1 fully saturated rings. The molecule has 0 radical (unpaired) electrons. The molecule has 2 aromatic rings. The van der Waals surface area contributed by atoms with Gasteiger partial charge in [0.25, 0.3) is 0 Å². The Kier molecular flexibility index (Phi) is 6.29. The first-order chi connectivity index (χ1) is 15.1. The Labute approximate surface area is 192 Å². The summed E-state index contributed by atoms with van der Waals surface area (Å²) in [6.07, 6.45) is 0.521. The molecule has 1 aromatic heterocycles. The number of nitrogens with one attached hydrogen (secondary N) is 1. The second kappa shape index (κ2) is 8.71. The number of piperidine rings is 1. The molecule has 1 N–H and O–H groups in total. The molecule has 1 aromatic carbocycles. The van der Waals surface area contributed by atoms with Gasteiger partial charge in [0.2, 0.25) is 0 Å². The van der Waals surface area contributed by atoms with Crippen LogP contribution in [0.4, 0.5) is 18.9 Å². The lowest BCUT2D eigenvalue weighted by atomic mass is 9.72. The van der Waals surface area contributed by atoms with E-state index in [0.717, 1.165) is 55.3 Å². The number of nitrogens with zero attached hydrogens (tertiary/aromatic N) is 2. The SMILES string of the molecule is C=C1Nc2ccc(Cl)cc2C12CCN(CCCc1cnc(C(C)C)c(C(F)(F)F)c1)CC2. The predicted molar refractivity (Wildman–Crippen MR) is 123 cm³/mol. The van der Waals surface area contributed by atoms with Crippen LogP contribution in [-0.2, 0) is 18.0 Å². The number of rotatable bonds is 5. The number of aryl methyl sites for hydroxylation is 1. The molecule has 0 unspecified atom stereocenters. The zero-order valence-electron chi connectivity index (χ0n) is 18.5. The molecule has 32 heavy (non-hydrogen) atoms. The minimum Gasteiger partial charge on any atom is -0.358 e. The topological polar surface area (TPSA) is 28.2 Å². The molecule has 1 saturated heterocycles. The van der Waals surface area contributed by atoms with Crippen LogP contribution in [0.5, 0.6) is 0 Å². The Hall–Kier alpha value is -2.05. The van der Waals surface area contributed by atoms with Crippen molar-refractivity contribution in [3.8, 4) is 0 Å². The van der Waals surface area contributed by atoms with E-state index in [1.807, 2.05) is 18.2 Å². The van der Waals surface area contributed by atoms with Gasteiger partial charge in [-0.2, -0.15) is 13.2 Å². The number of benzene rings is 1. The minimum atomic E-state index is -4.37. The van der Waals surface area contributed by atoms with Gasteiger partial charge in [-0.3, -0.25) is 4.98 Å². The van der Waals surface area contributed by atoms with E-state index in [-0.39, 0.29) is 17.0 Å². The molecule has 0 atom stereocenters. The van der Waals surface area contributed by atoms with E-state index in [2.05, 4.69) is 21.8 Å². The normalized spacial score (nSPS) is 18.3. The van der Waals surface area contributed by atoms with Crippen molar-refractivity contribution in [2.75, 3.05) is 25.0 Å². The fourth-order valence-corrected chi connectivity index (χ4v) is 5.22. The van der Waals surface area contributed by atoms with Gasteiger partial charge in [-0.05, 0) is 86.6 Å². The van der Waals surface area contributed by atoms with E-state index in [9.17, 15) is 13.2 Å². The molecule has 0 saturated carbocycles. The summed E-state index contributed by atoms with van der Waals surface area (Å²) in [6, 6.07) is 7.23. The van der Waals surface area contributed by atoms with Crippen LogP contribution in [0.2, 0.25) is 5.02 Å². The number of likely N-dealkylation sites (tertiary alicyclic amines) is 1. The first-order valence-corrected chi connectivity index (χ1v) is 11.5. The predicted octanol–water partition coefficient (Wildman–Crippen LogP) is 6.78. The molecular formula is C25H29ClF3N3. The van der Waals surface area contributed by atoms with Gasteiger partial charge in [-0.15, -0.1) is 0 Å². The highest BCUT2D eigenvalue weighted by Crippen LogP contribution is 2.50. The van der Waals surface area contributed by atoms with Gasteiger partial charge in [0, 0.05) is 28.0 Å². The van der Waals surface area contributed by atoms with E-state index in [0.29, 0.717) is 12.0 Å². The fourth-order valence-electron chi connectivity index (χ4n) is 5.04. The largest absolute Gasteiger partial charge is 0.418 e. The van der Waals surface area contributed by atoms with Gasteiger partial charge in [0.05, 0.1) is 11.3 Å². The molecule has 1 spiro atoms. The smallest absolute Gasteiger partial charge is 0.358 e. The number of anilines is 1.